The van der Waals surface area contributed by atoms with Crippen molar-refractivity contribution in [3.8, 4) is 0 Å². The van der Waals surface area contributed by atoms with Gasteiger partial charge in [0.1, 0.15) is 6.61 Å². The largest absolute Gasteiger partial charge is 0.445 e. The number of nitrogens with two attached hydrogens (primary N) is 1. The van der Waals surface area contributed by atoms with Crippen LogP contribution < -0.4 is 5.73 Å². The molecule has 1 fully saturated rings. The van der Waals surface area contributed by atoms with E-state index in [1.165, 1.54) is 0 Å². The minimum Gasteiger partial charge on any atom is -0.445 e. The molecule has 1 amide bonds. The van der Waals surface area contributed by atoms with Crippen molar-refractivity contribution in [3.05, 3.63) is 35.9 Å². The molecule has 0 aromatic heterocycles. The minimum absolute atomic E-state index is 0.206. The molecule has 1 atom stereocenters. The van der Waals surface area contributed by atoms with E-state index in [2.05, 4.69) is 4.90 Å². The first-order valence-electron chi connectivity index (χ1n) is 7.56. The Kier molecular flexibility index (Phi) is 6.02. The van der Waals surface area contributed by atoms with Gasteiger partial charge in [0.2, 0.25) is 0 Å². The lowest BCUT2D eigenvalue weighted by Gasteiger charge is -2.28. The first-order chi connectivity index (χ1) is 10.2. The zero-order chi connectivity index (χ0) is 15.1. The highest BCUT2D eigenvalue weighted by atomic mass is 16.6. The van der Waals surface area contributed by atoms with Crippen LogP contribution in [0.15, 0.2) is 30.3 Å². The first-order valence-corrected chi connectivity index (χ1v) is 7.56. The topological polar surface area (TPSA) is 58.8 Å². The van der Waals surface area contributed by atoms with Crippen molar-refractivity contribution < 1.29 is 9.53 Å². The lowest BCUT2D eigenvalue weighted by Crippen LogP contribution is -2.43. The molecule has 1 saturated heterocycles. The Morgan fingerprint density at radius 3 is 2.90 bits per heavy atom. The average molecular weight is 291 g/mol. The summed E-state index contributed by atoms with van der Waals surface area (Å²) in [5, 5.41) is 0. The molecule has 1 heterocycles. The van der Waals surface area contributed by atoms with Gasteiger partial charge in [0.15, 0.2) is 0 Å². The molecule has 0 unspecified atom stereocenters. The van der Waals surface area contributed by atoms with Gasteiger partial charge in [0.05, 0.1) is 0 Å². The summed E-state index contributed by atoms with van der Waals surface area (Å²) >= 11 is 0. The van der Waals surface area contributed by atoms with Gasteiger partial charge in [-0.1, -0.05) is 30.3 Å². The van der Waals surface area contributed by atoms with E-state index < -0.39 is 0 Å². The fourth-order valence-corrected chi connectivity index (χ4v) is 2.74. The van der Waals surface area contributed by atoms with Crippen LogP contribution >= 0.6 is 0 Å². The van der Waals surface area contributed by atoms with Gasteiger partial charge in [-0.2, -0.15) is 0 Å². The van der Waals surface area contributed by atoms with Gasteiger partial charge in [-0.15, -0.1) is 0 Å². The quantitative estimate of drug-likeness (QED) is 0.866. The summed E-state index contributed by atoms with van der Waals surface area (Å²) < 4.78 is 5.43. The number of hydrogen-bond acceptors (Lipinski definition) is 4. The predicted octanol–water partition coefficient (Wildman–Crippen LogP) is 1.68. The van der Waals surface area contributed by atoms with E-state index in [9.17, 15) is 4.79 Å². The van der Waals surface area contributed by atoms with Gasteiger partial charge < -0.3 is 20.3 Å². The van der Waals surface area contributed by atoms with Crippen LogP contribution in [0.5, 0.6) is 0 Å². The monoisotopic (exact) mass is 291 g/mol. The molecule has 5 nitrogen and oxygen atoms in total. The maximum Gasteiger partial charge on any atom is 0.410 e. The molecule has 0 saturated carbocycles. The van der Waals surface area contributed by atoms with Gasteiger partial charge in [-0.3, -0.25) is 0 Å². The number of amides is 1. The van der Waals surface area contributed by atoms with Crippen LogP contribution in [0.2, 0.25) is 0 Å². The second-order valence-electron chi connectivity index (χ2n) is 5.58. The number of likely N-dealkylation sites (tertiary alicyclic amines) is 1. The summed E-state index contributed by atoms with van der Waals surface area (Å²) in [5.74, 6) is 0. The van der Waals surface area contributed by atoms with E-state index in [0.29, 0.717) is 13.2 Å². The fraction of sp³-hybridized carbons (Fsp3) is 0.562. The van der Waals surface area contributed by atoms with E-state index in [4.69, 9.17) is 10.5 Å². The fourth-order valence-electron chi connectivity index (χ4n) is 2.74. The van der Waals surface area contributed by atoms with E-state index in [-0.39, 0.29) is 12.1 Å². The highest BCUT2D eigenvalue weighted by Crippen LogP contribution is 2.19. The molecule has 0 spiro atoms. The first kappa shape index (κ1) is 15.8. The molecule has 0 radical (unpaired) electrons. The Bertz CT molecular complexity index is 438. The molecule has 1 aliphatic heterocycles. The van der Waals surface area contributed by atoms with Crippen molar-refractivity contribution in [2.24, 2.45) is 5.73 Å². The molecule has 21 heavy (non-hydrogen) atoms. The van der Waals surface area contributed by atoms with Crippen molar-refractivity contribution in [1.29, 1.82) is 0 Å². The molecular weight excluding hydrogens is 266 g/mol. The number of benzene rings is 1. The van der Waals surface area contributed by atoms with Gasteiger partial charge in [-0.25, -0.2) is 4.79 Å². The Morgan fingerprint density at radius 1 is 1.43 bits per heavy atom. The van der Waals surface area contributed by atoms with E-state index >= 15 is 0 Å². The van der Waals surface area contributed by atoms with Crippen LogP contribution in [0.4, 0.5) is 4.79 Å². The molecule has 1 aliphatic rings. The Balaban J connectivity index is 1.83. The molecule has 1 aromatic carbocycles. The smallest absolute Gasteiger partial charge is 0.410 e. The minimum atomic E-state index is -0.206. The summed E-state index contributed by atoms with van der Waals surface area (Å²) in [4.78, 5) is 16.3. The standard InChI is InChI=1S/C16H25N3O2/c1-18(11-9-17)12-15-8-5-10-19(15)16(20)21-13-14-6-3-2-4-7-14/h2-4,6-7,15H,5,8-13,17H2,1H3/t15-/m0/s1. The van der Waals surface area contributed by atoms with Crippen molar-refractivity contribution >= 4 is 6.09 Å². The average Bonchev–Trinajstić information content (AvgIpc) is 2.94. The molecule has 5 heteroatoms. The predicted molar refractivity (Wildman–Crippen MR) is 82.9 cm³/mol. The third-order valence-corrected chi connectivity index (χ3v) is 3.85. The normalized spacial score (nSPS) is 18.2. The number of likely N-dealkylation sites (N-methyl/N-ethyl adjacent to an activating group) is 1. The Labute approximate surface area is 126 Å². The number of carbonyl (C=O) groups is 1. The van der Waals surface area contributed by atoms with Crippen LogP contribution in [0, 0.1) is 0 Å². The highest BCUT2D eigenvalue weighted by Gasteiger charge is 2.30. The zero-order valence-corrected chi connectivity index (χ0v) is 12.7. The summed E-state index contributed by atoms with van der Waals surface area (Å²) in [6.07, 6.45) is 1.87. The van der Waals surface area contributed by atoms with Crippen molar-refractivity contribution in [3.63, 3.8) is 0 Å². The molecular formula is C16H25N3O2. The molecule has 2 N–H and O–H groups in total. The lowest BCUT2D eigenvalue weighted by atomic mass is 10.2. The van der Waals surface area contributed by atoms with Crippen LogP contribution in [0.1, 0.15) is 18.4 Å². The van der Waals surface area contributed by atoms with Gasteiger partial charge >= 0.3 is 6.09 Å². The van der Waals surface area contributed by atoms with Crippen LogP contribution in [-0.4, -0.2) is 55.2 Å². The number of nitrogens with zero attached hydrogens (tertiary/aromatic N) is 2. The number of carbonyl (C=O) groups excluding carboxylic acids is 1. The Hall–Kier alpha value is -1.59. The zero-order valence-electron chi connectivity index (χ0n) is 12.7. The highest BCUT2D eigenvalue weighted by molar-refractivity contribution is 5.68. The van der Waals surface area contributed by atoms with Crippen LogP contribution in [-0.2, 0) is 11.3 Å². The van der Waals surface area contributed by atoms with E-state index in [1.807, 2.05) is 42.3 Å². The van der Waals surface area contributed by atoms with Crippen LogP contribution in [0.3, 0.4) is 0 Å². The van der Waals surface area contributed by atoms with Gasteiger partial charge in [-0.05, 0) is 25.5 Å². The SMILES string of the molecule is CN(CCN)C[C@@H]1CCCN1C(=O)OCc1ccccc1. The lowest BCUT2D eigenvalue weighted by molar-refractivity contribution is 0.0863. The van der Waals surface area contributed by atoms with Gasteiger partial charge in [0.25, 0.3) is 0 Å². The Morgan fingerprint density at radius 2 is 2.19 bits per heavy atom. The number of ether oxygens (including phenoxy) is 1. The van der Waals surface area contributed by atoms with E-state index in [1.54, 1.807) is 0 Å². The van der Waals surface area contributed by atoms with Crippen molar-refractivity contribution in [2.75, 3.05) is 33.2 Å². The second-order valence-corrected chi connectivity index (χ2v) is 5.58. The van der Waals surface area contributed by atoms with Crippen molar-refractivity contribution in [2.45, 2.75) is 25.5 Å². The third kappa shape index (κ3) is 4.72. The summed E-state index contributed by atoms with van der Waals surface area (Å²) in [5.41, 5.74) is 6.58. The number of rotatable bonds is 6. The molecule has 0 bridgehead atoms. The van der Waals surface area contributed by atoms with Crippen molar-refractivity contribution in [1.82, 2.24) is 9.80 Å². The third-order valence-electron chi connectivity index (χ3n) is 3.85. The summed E-state index contributed by atoms with van der Waals surface area (Å²) in [6.45, 7) is 3.47. The molecule has 116 valence electrons. The number of hydrogen-bond donors (Lipinski definition) is 1. The molecule has 0 aliphatic carbocycles. The van der Waals surface area contributed by atoms with Crippen LogP contribution in [0.25, 0.3) is 0 Å². The molecule has 2 rings (SSSR count). The summed E-state index contributed by atoms with van der Waals surface area (Å²) in [6, 6.07) is 10.0. The second kappa shape index (κ2) is 8.00. The molecule has 1 aromatic rings. The van der Waals surface area contributed by atoms with Gasteiger partial charge in [0, 0.05) is 32.2 Å². The maximum absolute atomic E-state index is 12.2. The van der Waals surface area contributed by atoms with E-state index in [0.717, 1.165) is 38.0 Å². The maximum atomic E-state index is 12.2. The summed E-state index contributed by atoms with van der Waals surface area (Å²) in [7, 11) is 2.04.